The van der Waals surface area contributed by atoms with Crippen molar-refractivity contribution in [3.05, 3.63) is 12.2 Å². The van der Waals surface area contributed by atoms with E-state index in [9.17, 15) is 4.79 Å². The maximum absolute atomic E-state index is 12.0. The van der Waals surface area contributed by atoms with Gasteiger partial charge < -0.3 is 9.64 Å². The number of nitrogens with zero attached hydrogens (tertiary/aromatic N) is 2. The molecule has 98 valence electrons. The number of allylic oxidation sites excluding steroid dienone is 2. The first-order chi connectivity index (χ1) is 8.02. The lowest BCUT2D eigenvalue weighted by molar-refractivity contribution is -0.136. The third-order valence-electron chi connectivity index (χ3n) is 3.00. The molecule has 0 aromatic rings. The summed E-state index contributed by atoms with van der Waals surface area (Å²) in [4.78, 5) is 15.7. The molecule has 1 aliphatic rings. The Morgan fingerprint density at radius 1 is 1.24 bits per heavy atom. The highest BCUT2D eigenvalue weighted by Crippen LogP contribution is 2.27. The fourth-order valence-corrected chi connectivity index (χ4v) is 2.08. The zero-order valence-electron chi connectivity index (χ0n) is 11.3. The minimum atomic E-state index is 0.0807. The average Bonchev–Trinajstić information content (AvgIpc) is 2.28. The summed E-state index contributed by atoms with van der Waals surface area (Å²) in [5.74, 6) is 0.611. The maximum Gasteiger partial charge on any atom is 0.225 e. The first-order valence-electron chi connectivity index (χ1n) is 6.11. The zero-order chi connectivity index (χ0) is 12.8. The number of hydrogen-bond acceptors (Lipinski definition) is 3. The van der Waals surface area contributed by atoms with Crippen molar-refractivity contribution in [1.82, 2.24) is 9.80 Å². The molecule has 0 aliphatic heterocycles. The van der Waals surface area contributed by atoms with Gasteiger partial charge in [-0.05, 0) is 32.9 Å². The van der Waals surface area contributed by atoms with E-state index in [-0.39, 0.29) is 11.8 Å². The van der Waals surface area contributed by atoms with E-state index in [1.807, 2.05) is 33.1 Å². The normalized spacial score (nSPS) is 24.1. The summed E-state index contributed by atoms with van der Waals surface area (Å²) < 4.78 is 5.62. The highest BCUT2D eigenvalue weighted by molar-refractivity contribution is 5.79. The summed E-state index contributed by atoms with van der Waals surface area (Å²) >= 11 is 0. The van der Waals surface area contributed by atoms with Crippen molar-refractivity contribution in [2.24, 2.45) is 11.8 Å². The van der Waals surface area contributed by atoms with Gasteiger partial charge in [-0.1, -0.05) is 12.2 Å². The van der Waals surface area contributed by atoms with E-state index < -0.39 is 0 Å². The number of carbonyl (C=O) groups is 1. The predicted molar refractivity (Wildman–Crippen MR) is 68.6 cm³/mol. The second-order valence-corrected chi connectivity index (χ2v) is 5.12. The van der Waals surface area contributed by atoms with Crippen LogP contribution in [0.2, 0.25) is 0 Å². The Balaban J connectivity index is 2.49. The Hall–Kier alpha value is -0.870. The molecule has 2 unspecified atom stereocenters. The van der Waals surface area contributed by atoms with Crippen molar-refractivity contribution in [3.63, 3.8) is 0 Å². The van der Waals surface area contributed by atoms with Crippen LogP contribution in [0.25, 0.3) is 0 Å². The number of amides is 1. The fraction of sp³-hybridized carbons (Fsp3) is 0.769. The molecule has 0 N–H and O–H groups in total. The quantitative estimate of drug-likeness (QED) is 0.534. The minimum absolute atomic E-state index is 0.0807. The third kappa shape index (κ3) is 4.48. The van der Waals surface area contributed by atoms with Crippen LogP contribution in [-0.4, -0.2) is 57.2 Å². The van der Waals surface area contributed by atoms with Crippen molar-refractivity contribution >= 4 is 5.91 Å². The SMILES string of the molecule is CN(C)COCC1CC=CCC1C(=O)N(C)C. The highest BCUT2D eigenvalue weighted by atomic mass is 16.5. The van der Waals surface area contributed by atoms with Gasteiger partial charge in [0.25, 0.3) is 0 Å². The molecule has 4 nitrogen and oxygen atoms in total. The second kappa shape index (κ2) is 6.77. The lowest BCUT2D eigenvalue weighted by Gasteiger charge is -2.29. The van der Waals surface area contributed by atoms with Gasteiger partial charge in [-0.15, -0.1) is 0 Å². The van der Waals surface area contributed by atoms with Crippen molar-refractivity contribution in [2.75, 3.05) is 41.5 Å². The molecule has 0 aromatic heterocycles. The summed E-state index contributed by atoms with van der Waals surface area (Å²) in [5, 5.41) is 0. The van der Waals surface area contributed by atoms with Crippen molar-refractivity contribution in [1.29, 1.82) is 0 Å². The van der Waals surface area contributed by atoms with Crippen LogP contribution < -0.4 is 0 Å². The summed E-state index contributed by atoms with van der Waals surface area (Å²) in [6, 6.07) is 0. The third-order valence-corrected chi connectivity index (χ3v) is 3.00. The van der Waals surface area contributed by atoms with Gasteiger partial charge in [-0.3, -0.25) is 9.69 Å². The van der Waals surface area contributed by atoms with E-state index in [1.54, 1.807) is 4.90 Å². The van der Waals surface area contributed by atoms with Crippen LogP contribution in [0.4, 0.5) is 0 Å². The van der Waals surface area contributed by atoms with Gasteiger partial charge in [-0.2, -0.15) is 0 Å². The summed E-state index contributed by atoms with van der Waals surface area (Å²) in [6.45, 7) is 1.27. The van der Waals surface area contributed by atoms with Gasteiger partial charge >= 0.3 is 0 Å². The van der Waals surface area contributed by atoms with Gasteiger partial charge in [0, 0.05) is 20.0 Å². The number of ether oxygens (including phenoxy) is 1. The van der Waals surface area contributed by atoms with Crippen molar-refractivity contribution in [2.45, 2.75) is 12.8 Å². The molecule has 1 aliphatic carbocycles. The van der Waals surface area contributed by atoms with Gasteiger partial charge in [0.05, 0.1) is 13.3 Å². The molecule has 0 bridgehead atoms. The van der Waals surface area contributed by atoms with Crippen LogP contribution in [0.1, 0.15) is 12.8 Å². The van der Waals surface area contributed by atoms with Gasteiger partial charge in [0.2, 0.25) is 5.91 Å². The smallest absolute Gasteiger partial charge is 0.225 e. The number of carbonyl (C=O) groups excluding carboxylic acids is 1. The molecule has 1 amide bonds. The van der Waals surface area contributed by atoms with E-state index in [0.717, 1.165) is 12.8 Å². The second-order valence-electron chi connectivity index (χ2n) is 5.12. The van der Waals surface area contributed by atoms with Crippen LogP contribution in [0.15, 0.2) is 12.2 Å². The van der Waals surface area contributed by atoms with Gasteiger partial charge in [0.1, 0.15) is 0 Å². The molecule has 17 heavy (non-hydrogen) atoms. The molecule has 0 heterocycles. The summed E-state index contributed by atoms with van der Waals surface area (Å²) in [5.41, 5.74) is 0. The predicted octanol–water partition coefficient (Wildman–Crippen LogP) is 1.19. The van der Waals surface area contributed by atoms with E-state index >= 15 is 0 Å². The molecule has 0 radical (unpaired) electrons. The molecule has 0 saturated heterocycles. The lowest BCUT2D eigenvalue weighted by atomic mass is 9.82. The maximum atomic E-state index is 12.0. The Kier molecular flexibility index (Phi) is 5.65. The van der Waals surface area contributed by atoms with Crippen molar-refractivity contribution in [3.8, 4) is 0 Å². The van der Waals surface area contributed by atoms with Gasteiger partial charge in [0.15, 0.2) is 0 Å². The molecule has 0 spiro atoms. The van der Waals surface area contributed by atoms with E-state index in [2.05, 4.69) is 12.2 Å². The number of rotatable bonds is 5. The molecule has 0 fully saturated rings. The minimum Gasteiger partial charge on any atom is -0.366 e. The van der Waals surface area contributed by atoms with Crippen LogP contribution >= 0.6 is 0 Å². The molecule has 0 aromatic carbocycles. The first kappa shape index (κ1) is 14.2. The van der Waals surface area contributed by atoms with E-state index in [4.69, 9.17) is 4.74 Å². The van der Waals surface area contributed by atoms with Gasteiger partial charge in [-0.25, -0.2) is 0 Å². The fourth-order valence-electron chi connectivity index (χ4n) is 2.08. The number of hydrogen-bond donors (Lipinski definition) is 0. The first-order valence-corrected chi connectivity index (χ1v) is 6.11. The van der Waals surface area contributed by atoms with E-state index in [0.29, 0.717) is 19.3 Å². The van der Waals surface area contributed by atoms with Crippen LogP contribution in [0.3, 0.4) is 0 Å². The molecule has 2 atom stereocenters. The van der Waals surface area contributed by atoms with E-state index in [1.165, 1.54) is 0 Å². The highest BCUT2D eigenvalue weighted by Gasteiger charge is 2.29. The van der Waals surface area contributed by atoms with Crippen LogP contribution in [0.5, 0.6) is 0 Å². The monoisotopic (exact) mass is 240 g/mol. The average molecular weight is 240 g/mol. The standard InChI is InChI=1S/C13H24N2O2/c1-14(2)10-17-9-11-7-5-6-8-12(11)13(16)15(3)4/h5-6,11-12H,7-10H2,1-4H3. The van der Waals surface area contributed by atoms with Crippen molar-refractivity contribution < 1.29 is 9.53 Å². The zero-order valence-corrected chi connectivity index (χ0v) is 11.3. The van der Waals surface area contributed by atoms with Crippen LogP contribution in [-0.2, 0) is 9.53 Å². The van der Waals surface area contributed by atoms with Crippen LogP contribution in [0, 0.1) is 11.8 Å². The molecule has 0 saturated carbocycles. The Labute approximate surface area is 104 Å². The Morgan fingerprint density at radius 2 is 1.88 bits per heavy atom. The summed E-state index contributed by atoms with van der Waals surface area (Å²) in [7, 11) is 7.59. The molecule has 1 rings (SSSR count). The topological polar surface area (TPSA) is 32.8 Å². The lowest BCUT2D eigenvalue weighted by Crippen LogP contribution is -2.37. The largest absolute Gasteiger partial charge is 0.366 e. The molecular weight excluding hydrogens is 216 g/mol. The Morgan fingerprint density at radius 3 is 2.47 bits per heavy atom. The summed E-state index contributed by atoms with van der Waals surface area (Å²) in [6.07, 6.45) is 6.04. The Bertz CT molecular complexity index is 275. The molecule has 4 heteroatoms. The molecular formula is C13H24N2O2.